The van der Waals surface area contributed by atoms with E-state index < -0.39 is 18.2 Å². The molecule has 0 saturated carbocycles. The van der Waals surface area contributed by atoms with Gasteiger partial charge in [0.25, 0.3) is 0 Å². The molecule has 6 heteroatoms. The summed E-state index contributed by atoms with van der Waals surface area (Å²) in [5, 5.41) is 10.1. The van der Waals surface area contributed by atoms with Gasteiger partial charge in [0, 0.05) is 39.7 Å². The molecule has 0 fully saturated rings. The molecular weight excluding hydrogens is 750 g/mol. The van der Waals surface area contributed by atoms with Crippen LogP contribution in [0.1, 0.15) is 73.0 Å². The highest BCUT2D eigenvalue weighted by Gasteiger charge is 2.35. The number of ether oxygens (including phenoxy) is 1. The molecule has 8 aromatic carbocycles. The van der Waals surface area contributed by atoms with Crippen LogP contribution in [0, 0.1) is 20.8 Å². The van der Waals surface area contributed by atoms with Gasteiger partial charge in [0.05, 0.1) is 11.4 Å². The number of hydrogen-bond donors (Lipinski definition) is 2. The van der Waals surface area contributed by atoms with Crippen molar-refractivity contribution >= 4 is 33.5 Å². The molecule has 0 amide bonds. The van der Waals surface area contributed by atoms with Crippen molar-refractivity contribution in [3.63, 3.8) is 0 Å². The van der Waals surface area contributed by atoms with Gasteiger partial charge in [0.15, 0.2) is 0 Å². The number of benzene rings is 8. The lowest BCUT2D eigenvalue weighted by Gasteiger charge is -2.30. The minimum absolute atomic E-state index is 0.290. The molecule has 0 aliphatic heterocycles. The molecule has 0 radical (unpaired) electrons. The predicted octanol–water partition coefficient (Wildman–Crippen LogP) is 14.4. The number of halogens is 3. The number of rotatable bonds is 11. The maximum Gasteiger partial charge on any atom is 0.573 e. The van der Waals surface area contributed by atoms with Crippen molar-refractivity contribution in [2.75, 3.05) is 10.6 Å². The molecule has 0 atom stereocenters. The number of nitrogens with one attached hydrogen (secondary N) is 2. The van der Waals surface area contributed by atoms with Crippen LogP contribution in [0.2, 0.25) is 0 Å². The van der Waals surface area contributed by atoms with Gasteiger partial charge in [-0.05, 0) is 82.8 Å². The van der Waals surface area contributed by atoms with Crippen LogP contribution >= 0.6 is 0 Å². The van der Waals surface area contributed by atoms with Crippen molar-refractivity contribution in [3.8, 4) is 5.75 Å². The summed E-state index contributed by atoms with van der Waals surface area (Å²) in [5.74, 6) is -1.27. The Balaban J connectivity index is 1.39. The molecule has 1 aliphatic carbocycles. The summed E-state index contributed by atoms with van der Waals surface area (Å²) in [6.45, 7) is 6.33. The van der Waals surface area contributed by atoms with Crippen molar-refractivity contribution < 1.29 is 17.9 Å². The smallest absolute Gasteiger partial charge is 0.406 e. The number of anilines is 2. The molecule has 0 spiro atoms. The van der Waals surface area contributed by atoms with Gasteiger partial charge in [-0.3, -0.25) is 0 Å². The van der Waals surface area contributed by atoms with Gasteiger partial charge in [-0.1, -0.05) is 175 Å². The minimum Gasteiger partial charge on any atom is -0.406 e. The second-order valence-electron chi connectivity index (χ2n) is 15.5. The lowest BCUT2D eigenvalue weighted by atomic mass is 9.78. The molecule has 0 unspecified atom stereocenters. The van der Waals surface area contributed by atoms with Crippen LogP contribution in [0.3, 0.4) is 0 Å². The third-order valence-electron chi connectivity index (χ3n) is 11.4. The van der Waals surface area contributed by atoms with Crippen LogP contribution in [0.4, 0.5) is 24.5 Å². The SMILES string of the molecule is Cc1cc(C)c(NC2=C(Nc3c(C(c4ccccc4)c4ccccc4)cc(OC(F)(F)F)cc3C(c3ccccc3)c3ccccc3)c3cccc4cccc2c34)c(C)c1. The fourth-order valence-electron chi connectivity index (χ4n) is 9.05. The van der Waals surface area contributed by atoms with Crippen molar-refractivity contribution in [1.29, 1.82) is 0 Å². The number of alkyl halides is 3. The Morgan fingerprint density at radius 2 is 0.833 bits per heavy atom. The highest BCUT2D eigenvalue weighted by Crippen LogP contribution is 2.50. The van der Waals surface area contributed by atoms with Crippen molar-refractivity contribution in [2.24, 2.45) is 0 Å². The summed E-state index contributed by atoms with van der Waals surface area (Å²) < 4.78 is 48.4. The monoisotopic (exact) mass is 792 g/mol. The van der Waals surface area contributed by atoms with Crippen LogP contribution in [0.5, 0.6) is 5.75 Å². The zero-order valence-electron chi connectivity index (χ0n) is 33.5. The Morgan fingerprint density at radius 3 is 1.22 bits per heavy atom. The molecule has 0 saturated heterocycles. The minimum atomic E-state index is -4.93. The maximum absolute atomic E-state index is 14.5. The fourth-order valence-corrected chi connectivity index (χ4v) is 9.05. The second-order valence-corrected chi connectivity index (χ2v) is 15.5. The first-order valence-corrected chi connectivity index (χ1v) is 20.1. The van der Waals surface area contributed by atoms with E-state index in [9.17, 15) is 13.2 Å². The van der Waals surface area contributed by atoms with Crippen LogP contribution in [-0.2, 0) is 0 Å². The largest absolute Gasteiger partial charge is 0.573 e. The first-order valence-electron chi connectivity index (χ1n) is 20.1. The van der Waals surface area contributed by atoms with E-state index in [4.69, 9.17) is 4.74 Å². The van der Waals surface area contributed by atoms with Crippen LogP contribution in [-0.4, -0.2) is 6.36 Å². The first kappa shape index (κ1) is 38.5. The van der Waals surface area contributed by atoms with Gasteiger partial charge in [0.1, 0.15) is 5.75 Å². The van der Waals surface area contributed by atoms with Crippen LogP contribution < -0.4 is 15.4 Å². The van der Waals surface area contributed by atoms with Crippen molar-refractivity contribution in [3.05, 3.63) is 243 Å². The summed E-state index contributed by atoms with van der Waals surface area (Å²) >= 11 is 0. The Kier molecular flexibility index (Phi) is 10.2. The van der Waals surface area contributed by atoms with Crippen molar-refractivity contribution in [1.82, 2.24) is 0 Å². The number of hydrogen-bond acceptors (Lipinski definition) is 3. The quantitative estimate of drug-likeness (QED) is 0.128. The third kappa shape index (κ3) is 7.53. The van der Waals surface area contributed by atoms with Crippen LogP contribution in [0.25, 0.3) is 22.2 Å². The summed E-state index contributed by atoms with van der Waals surface area (Å²) in [6.07, 6.45) is -4.93. The van der Waals surface area contributed by atoms with E-state index in [1.54, 1.807) is 12.1 Å². The van der Waals surface area contributed by atoms with Gasteiger partial charge in [0.2, 0.25) is 0 Å². The molecule has 0 heterocycles. The van der Waals surface area contributed by atoms with E-state index >= 15 is 0 Å². The molecule has 8 aromatic rings. The Labute approximate surface area is 348 Å². The second kappa shape index (κ2) is 16.0. The van der Waals surface area contributed by atoms with Gasteiger partial charge in [-0.15, -0.1) is 13.2 Å². The average molecular weight is 793 g/mol. The Hall–Kier alpha value is -7.05. The van der Waals surface area contributed by atoms with Crippen LogP contribution in [0.15, 0.2) is 182 Å². The lowest BCUT2D eigenvalue weighted by Crippen LogP contribution is -2.19. The average Bonchev–Trinajstić information content (AvgIpc) is 3.54. The Bertz CT molecular complexity index is 2640. The summed E-state index contributed by atoms with van der Waals surface area (Å²) in [5.41, 5.74) is 13.8. The van der Waals surface area contributed by atoms with Gasteiger partial charge in [-0.2, -0.15) is 0 Å². The fraction of sp³-hybridized carbons (Fsp3) is 0.111. The molecule has 0 aromatic heterocycles. The van der Waals surface area contributed by atoms with Crippen molar-refractivity contribution in [2.45, 2.75) is 39.0 Å². The standard InChI is InChI=1S/C54H43F3N2O/c1-34-30-35(2)50(36(3)31-34)58-52-43-28-16-26-41-27-17-29-44(49(41)43)53(52)59-51-45(47(37-18-8-4-9-19-37)38-20-10-5-11-21-38)32-42(60-54(55,56)57)33-46(51)48(39-22-12-6-13-23-39)40-24-14-7-15-25-40/h4-33,47-48,58-59H,1-3H3. The van der Waals surface area contributed by atoms with Gasteiger partial charge < -0.3 is 15.4 Å². The van der Waals surface area contributed by atoms with E-state index in [1.165, 1.54) is 5.56 Å². The lowest BCUT2D eigenvalue weighted by molar-refractivity contribution is -0.274. The van der Waals surface area contributed by atoms with E-state index in [2.05, 4.69) is 79.9 Å². The van der Waals surface area contributed by atoms with Gasteiger partial charge >= 0.3 is 6.36 Å². The predicted molar refractivity (Wildman–Crippen MR) is 239 cm³/mol. The zero-order chi connectivity index (χ0) is 41.4. The summed E-state index contributed by atoms with van der Waals surface area (Å²) in [4.78, 5) is 0. The van der Waals surface area contributed by atoms with E-state index in [-0.39, 0.29) is 5.75 Å². The van der Waals surface area contributed by atoms with E-state index in [0.29, 0.717) is 16.8 Å². The maximum atomic E-state index is 14.5. The zero-order valence-corrected chi connectivity index (χ0v) is 33.5. The van der Waals surface area contributed by atoms with Gasteiger partial charge in [-0.25, -0.2) is 0 Å². The highest BCUT2D eigenvalue weighted by atomic mass is 19.4. The number of aryl methyl sites for hydroxylation is 3. The molecular formula is C54H43F3N2O. The topological polar surface area (TPSA) is 33.3 Å². The third-order valence-corrected chi connectivity index (χ3v) is 11.4. The molecule has 60 heavy (non-hydrogen) atoms. The summed E-state index contributed by atoms with van der Waals surface area (Å²) in [6, 6.07) is 60.0. The highest BCUT2D eigenvalue weighted by molar-refractivity contribution is 6.18. The molecule has 296 valence electrons. The van der Waals surface area contributed by atoms with E-state index in [0.717, 1.165) is 72.4 Å². The summed E-state index contributed by atoms with van der Waals surface area (Å²) in [7, 11) is 0. The molecule has 3 nitrogen and oxygen atoms in total. The first-order chi connectivity index (χ1) is 29.1. The molecule has 0 bridgehead atoms. The Morgan fingerprint density at radius 1 is 0.450 bits per heavy atom. The molecule has 9 rings (SSSR count). The normalized spacial score (nSPS) is 12.4. The molecule has 1 aliphatic rings. The van der Waals surface area contributed by atoms with E-state index in [1.807, 2.05) is 121 Å². The molecule has 2 N–H and O–H groups in total.